The van der Waals surface area contributed by atoms with E-state index >= 15 is 0 Å². The summed E-state index contributed by atoms with van der Waals surface area (Å²) in [4.78, 5) is 15.9. The molecular formula is C17H20Cl2N6OS. The average Bonchev–Trinajstić information content (AvgIpc) is 3.01. The number of nitrogens with two attached hydrogens (primary N) is 2. The summed E-state index contributed by atoms with van der Waals surface area (Å²) in [5, 5.41) is 1.25. The van der Waals surface area contributed by atoms with Crippen LogP contribution in [0, 0.1) is 5.41 Å². The van der Waals surface area contributed by atoms with E-state index in [1.165, 1.54) is 11.8 Å². The first-order chi connectivity index (χ1) is 13.0. The summed E-state index contributed by atoms with van der Waals surface area (Å²) < 4.78 is 5.58. The van der Waals surface area contributed by atoms with E-state index in [0.717, 1.165) is 38.4 Å². The van der Waals surface area contributed by atoms with E-state index in [-0.39, 0.29) is 16.6 Å². The van der Waals surface area contributed by atoms with Crippen LogP contribution in [0.4, 0.5) is 11.6 Å². The zero-order valence-corrected chi connectivity index (χ0v) is 16.9. The van der Waals surface area contributed by atoms with Crippen LogP contribution in [0.1, 0.15) is 12.8 Å². The molecule has 2 aliphatic rings. The molecule has 7 nitrogen and oxygen atoms in total. The Bertz CT molecular complexity index is 829. The summed E-state index contributed by atoms with van der Waals surface area (Å²) in [5.41, 5.74) is 12.1. The molecule has 4 N–H and O–H groups in total. The monoisotopic (exact) mass is 426 g/mol. The van der Waals surface area contributed by atoms with Crippen LogP contribution in [-0.2, 0) is 4.74 Å². The van der Waals surface area contributed by atoms with Crippen molar-refractivity contribution in [3.8, 4) is 0 Å². The number of aromatic nitrogens is 3. The van der Waals surface area contributed by atoms with Crippen LogP contribution in [0.5, 0.6) is 0 Å². The van der Waals surface area contributed by atoms with Gasteiger partial charge in [0.25, 0.3) is 0 Å². The number of nitrogens with zero attached hydrogens (tertiary/aromatic N) is 4. The Morgan fingerprint density at radius 1 is 1.22 bits per heavy atom. The molecule has 0 unspecified atom stereocenters. The van der Waals surface area contributed by atoms with Crippen molar-refractivity contribution in [1.29, 1.82) is 0 Å². The lowest BCUT2D eigenvalue weighted by Gasteiger charge is -2.41. The van der Waals surface area contributed by atoms with E-state index in [9.17, 15) is 0 Å². The Morgan fingerprint density at radius 3 is 2.63 bits per heavy atom. The van der Waals surface area contributed by atoms with Crippen molar-refractivity contribution in [2.75, 3.05) is 36.9 Å². The lowest BCUT2D eigenvalue weighted by atomic mass is 9.75. The highest BCUT2D eigenvalue weighted by molar-refractivity contribution is 7.99. The number of ether oxygens (including phenoxy) is 1. The maximum absolute atomic E-state index is 6.25. The lowest BCUT2D eigenvalue weighted by molar-refractivity contribution is 0.131. The number of hydrogen-bond donors (Lipinski definition) is 2. The topological polar surface area (TPSA) is 103 Å². The van der Waals surface area contributed by atoms with Crippen LogP contribution >= 0.6 is 35.0 Å². The van der Waals surface area contributed by atoms with Gasteiger partial charge in [-0.2, -0.15) is 0 Å². The largest absolute Gasteiger partial charge is 0.384 e. The molecule has 4 heterocycles. The van der Waals surface area contributed by atoms with Crippen molar-refractivity contribution in [3.05, 3.63) is 28.6 Å². The van der Waals surface area contributed by atoms with Crippen molar-refractivity contribution in [1.82, 2.24) is 15.0 Å². The van der Waals surface area contributed by atoms with Crippen molar-refractivity contribution < 1.29 is 4.74 Å². The van der Waals surface area contributed by atoms with Gasteiger partial charge in [0.2, 0.25) is 0 Å². The minimum Gasteiger partial charge on any atom is -0.384 e. The maximum Gasteiger partial charge on any atom is 0.151 e. The Hall–Kier alpha value is -1.32. The second kappa shape index (κ2) is 7.60. The van der Waals surface area contributed by atoms with Crippen molar-refractivity contribution in [2.24, 2.45) is 11.1 Å². The standard InChI is InChI=1S/C17H20Cl2N6OS/c18-15-10(5-12(21)24-16(15)19)27-14-7-22-13(6-23-14)25-3-1-17(2-4-25)9-26-8-11(17)20/h5-7,11H,1-4,8-9,20H2,(H2,21,24)/t11-/m1/s1. The molecule has 0 bridgehead atoms. The third kappa shape index (κ3) is 3.82. The molecule has 2 aromatic heterocycles. The molecule has 4 rings (SSSR count). The van der Waals surface area contributed by atoms with Gasteiger partial charge in [-0.1, -0.05) is 35.0 Å². The normalized spacial score (nSPS) is 21.7. The first kappa shape index (κ1) is 19.0. The molecule has 0 aromatic carbocycles. The minimum absolute atomic E-state index is 0.122. The number of anilines is 2. The second-order valence-corrected chi connectivity index (χ2v) is 8.73. The van der Waals surface area contributed by atoms with Crippen LogP contribution in [-0.4, -0.2) is 47.3 Å². The SMILES string of the molecule is Nc1cc(Sc2cnc(N3CCC4(CC3)COC[C@H]4N)cn2)c(Cl)c(Cl)n1. The summed E-state index contributed by atoms with van der Waals surface area (Å²) >= 11 is 13.5. The summed E-state index contributed by atoms with van der Waals surface area (Å²) in [5.74, 6) is 1.17. The van der Waals surface area contributed by atoms with E-state index in [4.69, 9.17) is 39.4 Å². The van der Waals surface area contributed by atoms with Gasteiger partial charge >= 0.3 is 0 Å². The van der Waals surface area contributed by atoms with Crippen LogP contribution in [0.25, 0.3) is 0 Å². The Labute approximate surface area is 171 Å². The third-order valence-corrected chi connectivity index (χ3v) is 7.12. The summed E-state index contributed by atoms with van der Waals surface area (Å²) in [6, 6.07) is 1.81. The number of nitrogen functional groups attached to an aromatic ring is 1. The lowest BCUT2D eigenvalue weighted by Crippen LogP contribution is -2.49. The fourth-order valence-electron chi connectivity index (χ4n) is 3.58. The fourth-order valence-corrected chi connectivity index (χ4v) is 4.85. The van der Waals surface area contributed by atoms with Gasteiger partial charge in [0.05, 0.1) is 30.6 Å². The zero-order chi connectivity index (χ0) is 19.0. The number of pyridine rings is 1. The Morgan fingerprint density at radius 2 is 2.00 bits per heavy atom. The number of halogens is 2. The molecule has 2 saturated heterocycles. The van der Waals surface area contributed by atoms with E-state index in [1.54, 1.807) is 18.5 Å². The summed E-state index contributed by atoms with van der Waals surface area (Å²) in [6.45, 7) is 3.24. The predicted molar refractivity (Wildman–Crippen MR) is 107 cm³/mol. The molecule has 2 aliphatic heterocycles. The molecule has 144 valence electrons. The van der Waals surface area contributed by atoms with Gasteiger partial charge in [-0.3, -0.25) is 0 Å². The van der Waals surface area contributed by atoms with Gasteiger partial charge < -0.3 is 21.1 Å². The van der Waals surface area contributed by atoms with Gasteiger partial charge in [0, 0.05) is 29.4 Å². The molecule has 0 radical (unpaired) electrons. The molecule has 2 aromatic rings. The minimum atomic E-state index is 0.122. The van der Waals surface area contributed by atoms with E-state index in [1.807, 2.05) is 0 Å². The molecule has 0 saturated carbocycles. The Balaban J connectivity index is 1.43. The third-order valence-electron chi connectivity index (χ3n) is 5.29. The van der Waals surface area contributed by atoms with E-state index in [2.05, 4.69) is 19.9 Å². The molecule has 1 spiro atoms. The van der Waals surface area contributed by atoms with Gasteiger partial charge in [-0.15, -0.1) is 0 Å². The average molecular weight is 427 g/mol. The van der Waals surface area contributed by atoms with E-state index in [0.29, 0.717) is 27.4 Å². The van der Waals surface area contributed by atoms with Gasteiger partial charge in [0.1, 0.15) is 16.7 Å². The second-order valence-electron chi connectivity index (χ2n) is 6.94. The zero-order valence-electron chi connectivity index (χ0n) is 14.6. The molecule has 0 amide bonds. The Kier molecular flexibility index (Phi) is 5.35. The summed E-state index contributed by atoms with van der Waals surface area (Å²) in [7, 11) is 0. The molecule has 0 aliphatic carbocycles. The van der Waals surface area contributed by atoms with E-state index < -0.39 is 0 Å². The number of rotatable bonds is 3. The van der Waals surface area contributed by atoms with Crippen LogP contribution in [0.2, 0.25) is 10.2 Å². The van der Waals surface area contributed by atoms with Crippen molar-refractivity contribution in [2.45, 2.75) is 28.8 Å². The van der Waals surface area contributed by atoms with Gasteiger partial charge in [-0.25, -0.2) is 15.0 Å². The first-order valence-electron chi connectivity index (χ1n) is 8.66. The fraction of sp³-hybridized carbons (Fsp3) is 0.471. The molecular weight excluding hydrogens is 407 g/mol. The van der Waals surface area contributed by atoms with Crippen molar-refractivity contribution in [3.63, 3.8) is 0 Å². The highest BCUT2D eigenvalue weighted by Crippen LogP contribution is 2.40. The molecule has 10 heteroatoms. The van der Waals surface area contributed by atoms with Crippen LogP contribution in [0.3, 0.4) is 0 Å². The van der Waals surface area contributed by atoms with Gasteiger partial charge in [0.15, 0.2) is 5.15 Å². The first-order valence-corrected chi connectivity index (χ1v) is 10.2. The predicted octanol–water partition coefficient (Wildman–Crippen LogP) is 2.86. The molecule has 2 fully saturated rings. The van der Waals surface area contributed by atoms with Gasteiger partial charge in [-0.05, 0) is 18.9 Å². The highest BCUT2D eigenvalue weighted by Gasteiger charge is 2.44. The molecule has 1 atom stereocenters. The number of piperidine rings is 1. The smallest absolute Gasteiger partial charge is 0.151 e. The molecule has 27 heavy (non-hydrogen) atoms. The quantitative estimate of drug-likeness (QED) is 0.721. The van der Waals surface area contributed by atoms with Crippen LogP contribution < -0.4 is 16.4 Å². The van der Waals surface area contributed by atoms with Crippen molar-refractivity contribution >= 4 is 46.6 Å². The van der Waals surface area contributed by atoms with Crippen LogP contribution in [0.15, 0.2) is 28.4 Å². The number of hydrogen-bond acceptors (Lipinski definition) is 8. The summed E-state index contributed by atoms with van der Waals surface area (Å²) in [6.07, 6.45) is 5.54. The highest BCUT2D eigenvalue weighted by atomic mass is 35.5. The maximum atomic E-state index is 6.25.